The summed E-state index contributed by atoms with van der Waals surface area (Å²) in [6.45, 7) is 2.68. The van der Waals surface area contributed by atoms with E-state index in [-0.39, 0.29) is 11.7 Å². The van der Waals surface area contributed by atoms with Gasteiger partial charge in [-0.15, -0.1) is 0 Å². The molecule has 4 nitrogen and oxygen atoms in total. The minimum absolute atomic E-state index is 0.0222. The van der Waals surface area contributed by atoms with Crippen molar-refractivity contribution in [1.82, 2.24) is 5.32 Å². The third-order valence-corrected chi connectivity index (χ3v) is 1.64. The highest BCUT2D eigenvalue weighted by molar-refractivity contribution is 5.76. The van der Waals surface area contributed by atoms with Gasteiger partial charge in [-0.3, -0.25) is 4.79 Å². The van der Waals surface area contributed by atoms with Gasteiger partial charge in [0.15, 0.2) is 0 Å². The van der Waals surface area contributed by atoms with Crippen molar-refractivity contribution in [1.29, 1.82) is 0 Å². The van der Waals surface area contributed by atoms with Gasteiger partial charge in [-0.1, -0.05) is 0 Å². The van der Waals surface area contributed by atoms with Crippen LogP contribution in [0.4, 0.5) is 0 Å². The van der Waals surface area contributed by atoms with E-state index in [4.69, 9.17) is 5.73 Å². The zero-order valence-electron chi connectivity index (χ0n) is 8.14. The lowest BCUT2D eigenvalue weighted by atomic mass is 10.2. The van der Waals surface area contributed by atoms with Gasteiger partial charge < -0.3 is 15.8 Å². The highest BCUT2D eigenvalue weighted by Gasteiger charge is 1.99. The fraction of sp³-hybridized carbons (Fsp3) is 0.778. The van der Waals surface area contributed by atoms with Gasteiger partial charge >= 0.3 is 0 Å². The highest BCUT2D eigenvalue weighted by atomic mass is 16.1. The van der Waals surface area contributed by atoms with Crippen molar-refractivity contribution in [2.24, 2.45) is 5.73 Å². The molecule has 0 aromatic rings. The maximum Gasteiger partial charge on any atom is 0.220 e. The monoisotopic (exact) mass is 186 g/mol. The predicted octanol–water partition coefficient (Wildman–Crippen LogP) is 0.211. The van der Waals surface area contributed by atoms with Crippen LogP contribution < -0.4 is 11.1 Å². The summed E-state index contributed by atoms with van der Waals surface area (Å²) in [4.78, 5) is 21.5. The van der Waals surface area contributed by atoms with Crippen molar-refractivity contribution in [2.45, 2.75) is 32.6 Å². The average Bonchev–Trinajstić information content (AvgIpc) is 2.08. The summed E-state index contributed by atoms with van der Waals surface area (Å²) in [5.41, 5.74) is 5.25. The second-order valence-corrected chi connectivity index (χ2v) is 3.05. The number of amides is 1. The quantitative estimate of drug-likeness (QED) is 0.558. The summed E-state index contributed by atoms with van der Waals surface area (Å²) in [5.74, 6) is 0.185. The van der Waals surface area contributed by atoms with Crippen LogP contribution in [0.25, 0.3) is 0 Å². The van der Waals surface area contributed by atoms with Crippen molar-refractivity contribution in [2.75, 3.05) is 13.1 Å². The molecule has 0 heterocycles. The number of carbonyl (C=O) groups is 2. The predicted molar refractivity (Wildman–Crippen MR) is 51.2 cm³/mol. The van der Waals surface area contributed by atoms with E-state index in [2.05, 4.69) is 5.32 Å². The van der Waals surface area contributed by atoms with E-state index in [1.807, 2.05) is 0 Å². The molecule has 0 spiro atoms. The fourth-order valence-corrected chi connectivity index (χ4v) is 0.916. The van der Waals surface area contributed by atoms with Gasteiger partial charge in [0.25, 0.3) is 0 Å². The van der Waals surface area contributed by atoms with Crippen LogP contribution in [-0.2, 0) is 9.59 Å². The average molecular weight is 186 g/mol. The summed E-state index contributed by atoms with van der Waals surface area (Å²) >= 11 is 0. The van der Waals surface area contributed by atoms with Crippen molar-refractivity contribution < 1.29 is 9.59 Å². The molecule has 0 aliphatic carbocycles. The summed E-state index contributed by atoms with van der Waals surface area (Å²) in [5, 5.41) is 2.73. The Balaban J connectivity index is 3.22. The zero-order valence-corrected chi connectivity index (χ0v) is 8.14. The molecule has 0 fully saturated rings. The number of ketones is 1. The molecule has 0 saturated carbocycles. The number of hydrogen-bond acceptors (Lipinski definition) is 3. The number of nitrogens with two attached hydrogens (primary N) is 1. The van der Waals surface area contributed by atoms with Crippen molar-refractivity contribution in [3.63, 3.8) is 0 Å². The summed E-state index contributed by atoms with van der Waals surface area (Å²) in [7, 11) is 0. The molecule has 76 valence electrons. The molecule has 0 aliphatic heterocycles. The molecule has 0 aliphatic rings. The van der Waals surface area contributed by atoms with Crippen LogP contribution in [0.1, 0.15) is 32.6 Å². The molecular weight excluding hydrogens is 168 g/mol. The SMILES string of the molecule is CC(=O)CCCNC(=O)CCCN. The molecule has 0 bridgehead atoms. The minimum Gasteiger partial charge on any atom is -0.356 e. The van der Waals surface area contributed by atoms with Crippen LogP contribution in [0.2, 0.25) is 0 Å². The lowest BCUT2D eigenvalue weighted by Gasteiger charge is -2.02. The smallest absolute Gasteiger partial charge is 0.220 e. The summed E-state index contributed by atoms with van der Waals surface area (Å²) < 4.78 is 0. The molecule has 0 unspecified atom stereocenters. The van der Waals surface area contributed by atoms with E-state index >= 15 is 0 Å². The molecular formula is C9H18N2O2. The Labute approximate surface area is 78.9 Å². The van der Waals surface area contributed by atoms with Gasteiger partial charge in [-0.25, -0.2) is 0 Å². The standard InChI is InChI=1S/C9H18N2O2/c1-8(12)4-3-7-11-9(13)5-2-6-10/h2-7,10H2,1H3,(H,11,13). The Morgan fingerprint density at radius 2 is 1.92 bits per heavy atom. The minimum atomic E-state index is 0.0222. The van der Waals surface area contributed by atoms with Crippen LogP contribution in [0, 0.1) is 0 Å². The van der Waals surface area contributed by atoms with Crippen LogP contribution in [0.15, 0.2) is 0 Å². The second-order valence-electron chi connectivity index (χ2n) is 3.05. The summed E-state index contributed by atoms with van der Waals surface area (Å²) in [6, 6.07) is 0. The third kappa shape index (κ3) is 9.01. The Kier molecular flexibility index (Phi) is 7.20. The molecule has 0 atom stereocenters. The van der Waals surface area contributed by atoms with Crippen molar-refractivity contribution >= 4 is 11.7 Å². The zero-order chi connectivity index (χ0) is 10.1. The van der Waals surface area contributed by atoms with Crippen molar-refractivity contribution in [3.05, 3.63) is 0 Å². The van der Waals surface area contributed by atoms with Crippen LogP contribution in [0.5, 0.6) is 0 Å². The van der Waals surface area contributed by atoms with Crippen LogP contribution >= 0.6 is 0 Å². The van der Waals surface area contributed by atoms with Gasteiger partial charge in [-0.2, -0.15) is 0 Å². The first-order valence-electron chi connectivity index (χ1n) is 4.63. The first-order chi connectivity index (χ1) is 6.16. The molecule has 0 aromatic carbocycles. The first kappa shape index (κ1) is 12.1. The maximum absolute atomic E-state index is 11.0. The number of rotatable bonds is 7. The van der Waals surface area contributed by atoms with E-state index < -0.39 is 0 Å². The first-order valence-corrected chi connectivity index (χ1v) is 4.63. The lowest BCUT2D eigenvalue weighted by molar-refractivity contribution is -0.121. The lowest BCUT2D eigenvalue weighted by Crippen LogP contribution is -2.25. The Morgan fingerprint density at radius 1 is 1.23 bits per heavy atom. The normalized spacial score (nSPS) is 9.69. The Morgan fingerprint density at radius 3 is 2.46 bits per heavy atom. The van der Waals surface area contributed by atoms with E-state index in [1.165, 1.54) is 0 Å². The van der Waals surface area contributed by atoms with Gasteiger partial charge in [0.1, 0.15) is 5.78 Å². The number of Topliss-reactive ketones (excluding diaryl/α,β-unsaturated/α-hetero) is 1. The molecule has 0 saturated heterocycles. The Bertz CT molecular complexity index is 169. The van der Waals surface area contributed by atoms with Crippen LogP contribution in [-0.4, -0.2) is 24.8 Å². The van der Waals surface area contributed by atoms with Gasteiger partial charge in [-0.05, 0) is 26.3 Å². The largest absolute Gasteiger partial charge is 0.356 e. The van der Waals surface area contributed by atoms with E-state index in [0.717, 1.165) is 12.8 Å². The van der Waals surface area contributed by atoms with E-state index in [1.54, 1.807) is 6.92 Å². The van der Waals surface area contributed by atoms with Gasteiger partial charge in [0.05, 0.1) is 0 Å². The topological polar surface area (TPSA) is 72.2 Å². The van der Waals surface area contributed by atoms with E-state index in [0.29, 0.717) is 25.9 Å². The second kappa shape index (κ2) is 7.73. The van der Waals surface area contributed by atoms with Crippen LogP contribution in [0.3, 0.4) is 0 Å². The van der Waals surface area contributed by atoms with Gasteiger partial charge in [0.2, 0.25) is 5.91 Å². The van der Waals surface area contributed by atoms with E-state index in [9.17, 15) is 9.59 Å². The number of nitrogens with one attached hydrogen (secondary N) is 1. The number of carbonyl (C=O) groups excluding carboxylic acids is 2. The summed E-state index contributed by atoms with van der Waals surface area (Å²) in [6.07, 6.45) is 2.47. The van der Waals surface area contributed by atoms with Crippen molar-refractivity contribution in [3.8, 4) is 0 Å². The Hall–Kier alpha value is -0.900. The molecule has 0 rings (SSSR count). The molecule has 4 heteroatoms. The maximum atomic E-state index is 11.0. The number of hydrogen-bond donors (Lipinski definition) is 2. The molecule has 3 N–H and O–H groups in total. The highest BCUT2D eigenvalue weighted by Crippen LogP contribution is 1.90. The molecule has 0 radical (unpaired) electrons. The third-order valence-electron chi connectivity index (χ3n) is 1.64. The molecule has 1 amide bonds. The molecule has 0 aromatic heterocycles. The molecule has 13 heavy (non-hydrogen) atoms. The fourth-order valence-electron chi connectivity index (χ4n) is 0.916. The van der Waals surface area contributed by atoms with Gasteiger partial charge in [0, 0.05) is 19.4 Å².